The molecule has 2 N–H and O–H groups in total. The molecule has 0 bridgehead atoms. The second kappa shape index (κ2) is 10.6. The SMILES string of the molecule is CCCNC(C)(CO)CCCCN(CC)C(C)CC. The van der Waals surface area contributed by atoms with E-state index < -0.39 is 0 Å². The lowest BCUT2D eigenvalue weighted by molar-refractivity contribution is 0.158. The summed E-state index contributed by atoms with van der Waals surface area (Å²) in [4.78, 5) is 2.55. The first-order chi connectivity index (χ1) is 9.02. The highest BCUT2D eigenvalue weighted by Gasteiger charge is 2.21. The van der Waals surface area contributed by atoms with Crippen molar-refractivity contribution in [2.45, 2.75) is 78.3 Å². The van der Waals surface area contributed by atoms with Gasteiger partial charge in [-0.2, -0.15) is 0 Å². The molecule has 0 saturated heterocycles. The molecule has 0 amide bonds. The topological polar surface area (TPSA) is 35.5 Å². The third-order valence-corrected chi connectivity index (χ3v) is 4.19. The number of nitrogens with one attached hydrogen (secondary N) is 1. The van der Waals surface area contributed by atoms with E-state index in [2.05, 4.69) is 44.8 Å². The minimum Gasteiger partial charge on any atom is -0.394 e. The van der Waals surface area contributed by atoms with Crippen LogP contribution in [0.4, 0.5) is 0 Å². The predicted molar refractivity (Wildman–Crippen MR) is 84.6 cm³/mol. The smallest absolute Gasteiger partial charge is 0.0610 e. The Hall–Kier alpha value is -0.120. The van der Waals surface area contributed by atoms with E-state index in [0.29, 0.717) is 6.04 Å². The maximum absolute atomic E-state index is 9.52. The van der Waals surface area contributed by atoms with Gasteiger partial charge >= 0.3 is 0 Å². The standard InChI is InChI=1S/C16H36N2O/c1-6-12-17-16(5,14-19)11-9-10-13-18(8-3)15(4)7-2/h15,17,19H,6-14H2,1-5H3. The van der Waals surface area contributed by atoms with Gasteiger partial charge in [0.05, 0.1) is 6.61 Å². The Balaban J connectivity index is 3.93. The molecule has 0 aromatic carbocycles. The van der Waals surface area contributed by atoms with E-state index in [4.69, 9.17) is 0 Å². The minimum atomic E-state index is -0.0938. The van der Waals surface area contributed by atoms with Crippen LogP contribution in [0.25, 0.3) is 0 Å². The molecule has 0 aliphatic heterocycles. The summed E-state index contributed by atoms with van der Waals surface area (Å²) >= 11 is 0. The molecule has 3 heteroatoms. The Morgan fingerprint density at radius 1 is 1.21 bits per heavy atom. The molecule has 2 atom stereocenters. The Morgan fingerprint density at radius 3 is 2.37 bits per heavy atom. The lowest BCUT2D eigenvalue weighted by atomic mass is 9.95. The maximum atomic E-state index is 9.52. The van der Waals surface area contributed by atoms with Crippen molar-refractivity contribution < 1.29 is 5.11 Å². The van der Waals surface area contributed by atoms with Gasteiger partial charge in [0.15, 0.2) is 0 Å². The van der Waals surface area contributed by atoms with Gasteiger partial charge in [-0.3, -0.25) is 0 Å². The van der Waals surface area contributed by atoms with E-state index in [1.165, 1.54) is 25.8 Å². The normalized spacial score (nSPS) is 16.6. The van der Waals surface area contributed by atoms with Crippen LogP contribution >= 0.6 is 0 Å². The Labute approximate surface area is 120 Å². The predicted octanol–water partition coefficient (Wildman–Crippen LogP) is 3.03. The Bertz CT molecular complexity index is 211. The third kappa shape index (κ3) is 7.91. The van der Waals surface area contributed by atoms with Crippen molar-refractivity contribution in [2.75, 3.05) is 26.2 Å². The second-order valence-electron chi connectivity index (χ2n) is 5.99. The molecular weight excluding hydrogens is 236 g/mol. The van der Waals surface area contributed by atoms with E-state index in [-0.39, 0.29) is 12.1 Å². The first-order valence-electron chi connectivity index (χ1n) is 8.12. The average molecular weight is 272 g/mol. The van der Waals surface area contributed by atoms with E-state index in [1.54, 1.807) is 0 Å². The summed E-state index contributed by atoms with van der Waals surface area (Å²) in [6.07, 6.45) is 5.80. The van der Waals surface area contributed by atoms with Gasteiger partial charge in [0, 0.05) is 11.6 Å². The number of aliphatic hydroxyl groups excluding tert-OH is 1. The molecular formula is C16H36N2O. The van der Waals surface area contributed by atoms with Crippen LogP contribution in [0, 0.1) is 0 Å². The number of hydrogen-bond acceptors (Lipinski definition) is 3. The number of aliphatic hydroxyl groups is 1. The van der Waals surface area contributed by atoms with Crippen LogP contribution in [0.1, 0.15) is 66.7 Å². The minimum absolute atomic E-state index is 0.0938. The first-order valence-corrected chi connectivity index (χ1v) is 8.12. The van der Waals surface area contributed by atoms with Gasteiger partial charge in [-0.05, 0) is 59.2 Å². The summed E-state index contributed by atoms with van der Waals surface area (Å²) in [6.45, 7) is 14.6. The molecule has 0 fully saturated rings. The summed E-state index contributed by atoms with van der Waals surface area (Å²) in [6, 6.07) is 0.687. The quantitative estimate of drug-likeness (QED) is 0.536. The van der Waals surface area contributed by atoms with Gasteiger partial charge in [0.2, 0.25) is 0 Å². The molecule has 2 unspecified atom stereocenters. The summed E-state index contributed by atoms with van der Waals surface area (Å²) in [5.74, 6) is 0. The Kier molecular flexibility index (Phi) is 10.6. The number of rotatable bonds is 12. The summed E-state index contributed by atoms with van der Waals surface area (Å²) < 4.78 is 0. The summed E-state index contributed by atoms with van der Waals surface area (Å²) in [5, 5.41) is 13.0. The average Bonchev–Trinajstić information content (AvgIpc) is 2.44. The van der Waals surface area contributed by atoms with Crippen molar-refractivity contribution in [3.63, 3.8) is 0 Å². The highest BCUT2D eigenvalue weighted by atomic mass is 16.3. The van der Waals surface area contributed by atoms with Crippen molar-refractivity contribution in [3.05, 3.63) is 0 Å². The molecule has 3 nitrogen and oxygen atoms in total. The molecule has 0 rings (SSSR count). The molecule has 116 valence electrons. The largest absolute Gasteiger partial charge is 0.394 e. The van der Waals surface area contributed by atoms with Gasteiger partial charge in [0.1, 0.15) is 0 Å². The van der Waals surface area contributed by atoms with Crippen LogP contribution in [0.2, 0.25) is 0 Å². The number of nitrogens with zero attached hydrogens (tertiary/aromatic N) is 1. The lowest BCUT2D eigenvalue weighted by Crippen LogP contribution is -2.46. The van der Waals surface area contributed by atoms with E-state index in [1.807, 2.05) is 0 Å². The highest BCUT2D eigenvalue weighted by Crippen LogP contribution is 2.14. The molecule has 19 heavy (non-hydrogen) atoms. The van der Waals surface area contributed by atoms with E-state index in [9.17, 15) is 5.11 Å². The van der Waals surface area contributed by atoms with Gasteiger partial charge in [0.25, 0.3) is 0 Å². The van der Waals surface area contributed by atoms with Crippen LogP contribution in [-0.4, -0.2) is 47.8 Å². The van der Waals surface area contributed by atoms with Crippen molar-refractivity contribution in [1.82, 2.24) is 10.2 Å². The van der Waals surface area contributed by atoms with Crippen molar-refractivity contribution in [1.29, 1.82) is 0 Å². The maximum Gasteiger partial charge on any atom is 0.0610 e. The zero-order chi connectivity index (χ0) is 14.7. The zero-order valence-electron chi connectivity index (χ0n) is 13.8. The van der Waals surface area contributed by atoms with Crippen molar-refractivity contribution in [3.8, 4) is 0 Å². The Morgan fingerprint density at radius 2 is 1.89 bits per heavy atom. The van der Waals surface area contributed by atoms with Crippen LogP contribution in [0.3, 0.4) is 0 Å². The van der Waals surface area contributed by atoms with Crippen molar-refractivity contribution >= 4 is 0 Å². The van der Waals surface area contributed by atoms with Gasteiger partial charge in [-0.1, -0.05) is 27.2 Å². The highest BCUT2D eigenvalue weighted by molar-refractivity contribution is 4.82. The molecule has 0 spiro atoms. The lowest BCUT2D eigenvalue weighted by Gasteiger charge is -2.30. The van der Waals surface area contributed by atoms with Crippen LogP contribution in [0.15, 0.2) is 0 Å². The molecule has 0 radical (unpaired) electrons. The number of unbranched alkanes of at least 4 members (excludes halogenated alkanes) is 1. The zero-order valence-corrected chi connectivity index (χ0v) is 13.8. The van der Waals surface area contributed by atoms with Crippen LogP contribution < -0.4 is 5.32 Å². The summed E-state index contributed by atoms with van der Waals surface area (Å²) in [7, 11) is 0. The fraction of sp³-hybridized carbons (Fsp3) is 1.00. The van der Waals surface area contributed by atoms with E-state index >= 15 is 0 Å². The monoisotopic (exact) mass is 272 g/mol. The molecule has 0 aliphatic rings. The van der Waals surface area contributed by atoms with Gasteiger partial charge < -0.3 is 15.3 Å². The number of hydrogen-bond donors (Lipinski definition) is 2. The molecule has 0 aliphatic carbocycles. The third-order valence-electron chi connectivity index (χ3n) is 4.19. The van der Waals surface area contributed by atoms with Crippen LogP contribution in [-0.2, 0) is 0 Å². The molecule has 0 aromatic heterocycles. The second-order valence-corrected chi connectivity index (χ2v) is 5.99. The fourth-order valence-corrected chi connectivity index (χ4v) is 2.43. The molecule has 0 saturated carbocycles. The first kappa shape index (κ1) is 18.9. The van der Waals surface area contributed by atoms with Crippen LogP contribution in [0.5, 0.6) is 0 Å². The summed E-state index contributed by atoms with van der Waals surface area (Å²) in [5.41, 5.74) is -0.0938. The van der Waals surface area contributed by atoms with Crippen molar-refractivity contribution in [2.24, 2.45) is 0 Å². The van der Waals surface area contributed by atoms with Gasteiger partial charge in [-0.25, -0.2) is 0 Å². The fourth-order valence-electron chi connectivity index (χ4n) is 2.43. The molecule has 0 aromatic rings. The van der Waals surface area contributed by atoms with E-state index in [0.717, 1.165) is 25.9 Å². The molecule has 0 heterocycles. The van der Waals surface area contributed by atoms with Gasteiger partial charge in [-0.15, -0.1) is 0 Å².